The van der Waals surface area contributed by atoms with E-state index in [9.17, 15) is 4.79 Å². The maximum absolute atomic E-state index is 11.9. The van der Waals surface area contributed by atoms with E-state index in [1.807, 2.05) is 12.1 Å². The van der Waals surface area contributed by atoms with Gasteiger partial charge in [0, 0.05) is 31.4 Å². The van der Waals surface area contributed by atoms with Gasteiger partial charge in [0.1, 0.15) is 5.76 Å². The Bertz CT molecular complexity index is 417. The Morgan fingerprint density at radius 1 is 1.47 bits per heavy atom. The Morgan fingerprint density at radius 3 is 3.26 bits per heavy atom. The largest absolute Gasteiger partial charge is 0.469 e. The molecule has 1 N–H and O–H groups in total. The second-order valence-corrected chi connectivity index (χ2v) is 5.72. The molecule has 0 bridgehead atoms. The Morgan fingerprint density at radius 2 is 2.42 bits per heavy atom. The van der Waals surface area contributed by atoms with Gasteiger partial charge in [-0.2, -0.15) is 0 Å². The van der Waals surface area contributed by atoms with Gasteiger partial charge >= 0.3 is 0 Å². The fourth-order valence-electron chi connectivity index (χ4n) is 3.40. The lowest BCUT2D eigenvalue weighted by Gasteiger charge is -2.27. The molecule has 1 aliphatic heterocycles. The van der Waals surface area contributed by atoms with Crippen LogP contribution in [0.5, 0.6) is 0 Å². The lowest BCUT2D eigenvalue weighted by atomic mass is 9.83. The number of amides is 1. The summed E-state index contributed by atoms with van der Waals surface area (Å²) in [6, 6.07) is 3.76. The van der Waals surface area contributed by atoms with Crippen molar-refractivity contribution < 1.29 is 13.9 Å². The summed E-state index contributed by atoms with van der Waals surface area (Å²) in [4.78, 5) is 11.9. The summed E-state index contributed by atoms with van der Waals surface area (Å²) in [5, 5.41) is 3.09. The molecule has 1 saturated heterocycles. The van der Waals surface area contributed by atoms with Crippen molar-refractivity contribution in [1.29, 1.82) is 0 Å². The Balaban J connectivity index is 1.45. The number of hydrogen-bond acceptors (Lipinski definition) is 3. The highest BCUT2D eigenvalue weighted by Gasteiger charge is 2.47. The first-order chi connectivity index (χ1) is 9.28. The molecule has 3 rings (SSSR count). The first kappa shape index (κ1) is 12.7. The van der Waals surface area contributed by atoms with E-state index in [1.165, 1.54) is 12.8 Å². The summed E-state index contributed by atoms with van der Waals surface area (Å²) in [7, 11) is 0. The van der Waals surface area contributed by atoms with Crippen molar-refractivity contribution in [2.45, 2.75) is 44.6 Å². The third kappa shape index (κ3) is 2.68. The molecule has 0 unspecified atom stereocenters. The lowest BCUT2D eigenvalue weighted by molar-refractivity contribution is -0.121. The molecular formula is C15H21NO3. The van der Waals surface area contributed by atoms with Crippen LogP contribution in [0.1, 0.15) is 37.9 Å². The first-order valence-electron chi connectivity index (χ1n) is 7.19. The van der Waals surface area contributed by atoms with Crippen molar-refractivity contribution in [3.63, 3.8) is 0 Å². The van der Waals surface area contributed by atoms with E-state index in [1.54, 1.807) is 6.26 Å². The van der Waals surface area contributed by atoms with E-state index in [2.05, 4.69) is 5.32 Å². The molecule has 19 heavy (non-hydrogen) atoms. The number of furan rings is 1. The summed E-state index contributed by atoms with van der Waals surface area (Å²) < 4.78 is 11.0. The van der Waals surface area contributed by atoms with Crippen LogP contribution in [0.4, 0.5) is 0 Å². The van der Waals surface area contributed by atoms with Gasteiger partial charge in [-0.05, 0) is 31.4 Å². The standard InChI is InChI=1S/C15H21NO3/c17-14(6-5-12-3-2-9-18-12)16-11-15-7-1-4-13(15)19-10-8-15/h2-3,9,13H,1,4-8,10-11H2,(H,16,17)/t13-,15-/m1/s1. The van der Waals surface area contributed by atoms with Crippen LogP contribution in [0, 0.1) is 5.41 Å². The SMILES string of the molecule is O=C(CCc1ccco1)NC[C@]12CCC[C@H]1OCC2. The Kier molecular flexibility index (Phi) is 3.60. The van der Waals surface area contributed by atoms with Crippen LogP contribution in [0.2, 0.25) is 0 Å². The van der Waals surface area contributed by atoms with Gasteiger partial charge in [-0.1, -0.05) is 6.42 Å². The van der Waals surface area contributed by atoms with Crippen LogP contribution in [-0.2, 0) is 16.0 Å². The molecular weight excluding hydrogens is 242 g/mol. The lowest BCUT2D eigenvalue weighted by Crippen LogP contribution is -2.39. The summed E-state index contributed by atoms with van der Waals surface area (Å²) >= 11 is 0. The monoisotopic (exact) mass is 263 g/mol. The quantitative estimate of drug-likeness (QED) is 0.886. The highest BCUT2D eigenvalue weighted by Crippen LogP contribution is 2.46. The van der Waals surface area contributed by atoms with Gasteiger partial charge < -0.3 is 14.5 Å². The zero-order valence-electron chi connectivity index (χ0n) is 11.2. The summed E-state index contributed by atoms with van der Waals surface area (Å²) in [5.41, 5.74) is 0.223. The number of nitrogens with one attached hydrogen (secondary N) is 1. The van der Waals surface area contributed by atoms with Crippen molar-refractivity contribution in [2.75, 3.05) is 13.2 Å². The van der Waals surface area contributed by atoms with Gasteiger partial charge in [0.25, 0.3) is 0 Å². The fraction of sp³-hybridized carbons (Fsp3) is 0.667. The molecule has 0 spiro atoms. The van der Waals surface area contributed by atoms with Crippen LogP contribution in [-0.4, -0.2) is 25.2 Å². The van der Waals surface area contributed by atoms with Gasteiger partial charge in [0.2, 0.25) is 5.91 Å². The summed E-state index contributed by atoms with van der Waals surface area (Å²) in [5.74, 6) is 0.986. The van der Waals surface area contributed by atoms with Crippen molar-refractivity contribution in [2.24, 2.45) is 5.41 Å². The van der Waals surface area contributed by atoms with Crippen LogP contribution in [0.25, 0.3) is 0 Å². The molecule has 1 amide bonds. The topological polar surface area (TPSA) is 51.5 Å². The van der Waals surface area contributed by atoms with Crippen molar-refractivity contribution >= 4 is 5.91 Å². The van der Waals surface area contributed by atoms with E-state index < -0.39 is 0 Å². The summed E-state index contributed by atoms with van der Waals surface area (Å²) in [6.45, 7) is 1.63. The number of ether oxygens (including phenoxy) is 1. The number of carbonyl (C=O) groups is 1. The molecule has 1 aromatic rings. The molecule has 1 aliphatic carbocycles. The third-order valence-electron chi connectivity index (χ3n) is 4.56. The number of fused-ring (bicyclic) bond motifs is 1. The van der Waals surface area contributed by atoms with Crippen LogP contribution < -0.4 is 5.32 Å². The molecule has 1 aromatic heterocycles. The maximum Gasteiger partial charge on any atom is 0.220 e. The Labute approximate surface area is 113 Å². The van der Waals surface area contributed by atoms with Gasteiger partial charge in [-0.3, -0.25) is 4.79 Å². The van der Waals surface area contributed by atoms with Crippen molar-refractivity contribution in [3.05, 3.63) is 24.2 Å². The van der Waals surface area contributed by atoms with Gasteiger partial charge in [-0.25, -0.2) is 0 Å². The normalized spacial score (nSPS) is 29.4. The zero-order chi connectivity index (χ0) is 13.1. The predicted octanol–water partition coefficient (Wildman–Crippen LogP) is 2.29. The van der Waals surface area contributed by atoms with E-state index in [-0.39, 0.29) is 11.3 Å². The third-order valence-corrected chi connectivity index (χ3v) is 4.56. The number of aryl methyl sites for hydroxylation is 1. The fourth-order valence-corrected chi connectivity index (χ4v) is 3.40. The van der Waals surface area contributed by atoms with Crippen molar-refractivity contribution in [3.8, 4) is 0 Å². The van der Waals surface area contributed by atoms with Crippen LogP contribution >= 0.6 is 0 Å². The smallest absolute Gasteiger partial charge is 0.220 e. The highest BCUT2D eigenvalue weighted by molar-refractivity contribution is 5.76. The molecule has 2 fully saturated rings. The molecule has 2 heterocycles. The minimum atomic E-state index is 0.114. The average molecular weight is 263 g/mol. The molecule has 4 heteroatoms. The van der Waals surface area contributed by atoms with E-state index >= 15 is 0 Å². The van der Waals surface area contributed by atoms with Gasteiger partial charge in [0.05, 0.1) is 12.4 Å². The second-order valence-electron chi connectivity index (χ2n) is 5.72. The van der Waals surface area contributed by atoms with Crippen molar-refractivity contribution in [1.82, 2.24) is 5.32 Å². The van der Waals surface area contributed by atoms with E-state index in [0.29, 0.717) is 18.9 Å². The highest BCUT2D eigenvalue weighted by atomic mass is 16.5. The maximum atomic E-state index is 11.9. The van der Waals surface area contributed by atoms with E-state index in [0.717, 1.165) is 31.8 Å². The molecule has 1 saturated carbocycles. The molecule has 0 radical (unpaired) electrons. The van der Waals surface area contributed by atoms with Crippen LogP contribution in [0.15, 0.2) is 22.8 Å². The average Bonchev–Trinajstić information content (AvgIpc) is 3.09. The summed E-state index contributed by atoms with van der Waals surface area (Å²) in [6.07, 6.45) is 7.85. The second kappa shape index (κ2) is 5.37. The van der Waals surface area contributed by atoms with Gasteiger partial charge in [0.15, 0.2) is 0 Å². The number of rotatable bonds is 5. The molecule has 2 atom stereocenters. The predicted molar refractivity (Wildman–Crippen MR) is 70.7 cm³/mol. The van der Waals surface area contributed by atoms with E-state index in [4.69, 9.17) is 9.15 Å². The van der Waals surface area contributed by atoms with Crippen LogP contribution in [0.3, 0.4) is 0 Å². The van der Waals surface area contributed by atoms with Gasteiger partial charge in [-0.15, -0.1) is 0 Å². The number of carbonyl (C=O) groups excluding carboxylic acids is 1. The molecule has 2 aliphatic rings. The first-order valence-corrected chi connectivity index (χ1v) is 7.19. The molecule has 104 valence electrons. The zero-order valence-corrected chi connectivity index (χ0v) is 11.2. The Hall–Kier alpha value is -1.29. The molecule has 0 aromatic carbocycles. The number of hydrogen-bond donors (Lipinski definition) is 1. The minimum absolute atomic E-state index is 0.114. The molecule has 4 nitrogen and oxygen atoms in total. The minimum Gasteiger partial charge on any atom is -0.469 e.